The Labute approximate surface area is 164 Å². The molecule has 0 aliphatic rings. The number of nitrogens with one attached hydrogen (secondary N) is 1. The molecule has 3 aromatic rings. The lowest BCUT2D eigenvalue weighted by molar-refractivity contribution is -0.133. The van der Waals surface area contributed by atoms with Crippen molar-refractivity contribution in [3.8, 4) is 0 Å². The minimum Gasteiger partial charge on any atom is -0.333 e. The number of carbonyl (C=O) groups excluding carboxylic acids is 1. The number of carbonyl (C=O) groups is 1. The van der Waals surface area contributed by atoms with Gasteiger partial charge in [0.1, 0.15) is 5.82 Å². The third-order valence-corrected chi connectivity index (χ3v) is 5.17. The summed E-state index contributed by atoms with van der Waals surface area (Å²) in [5, 5.41) is 4.97. The molecule has 2 heterocycles. The quantitative estimate of drug-likeness (QED) is 0.711. The predicted molar refractivity (Wildman–Crippen MR) is 109 cm³/mol. The fourth-order valence-corrected chi connectivity index (χ4v) is 3.48. The lowest BCUT2D eigenvalue weighted by Gasteiger charge is -2.26. The smallest absolute Gasteiger partial charge is 0.258 e. The fourth-order valence-electron chi connectivity index (χ4n) is 3.48. The fraction of sp³-hybridized carbons (Fsp3) is 0.429. The molecule has 0 spiro atoms. The van der Waals surface area contributed by atoms with E-state index in [0.29, 0.717) is 29.6 Å². The molecule has 0 saturated heterocycles. The number of nitrogens with zero attached hydrogens (tertiary/aromatic N) is 4. The first-order valence-electron chi connectivity index (χ1n) is 9.54. The van der Waals surface area contributed by atoms with E-state index >= 15 is 0 Å². The standard InChI is InChI=1S/C21H27N5O2/c1-13(2)26(20(27)11-10-16-14(3)24-25(5)15(16)4)12-19-22-18-9-7-6-8-17(18)21(28)23-19/h6-9,13H,10-12H2,1-5H3,(H,22,23,28). The van der Waals surface area contributed by atoms with Crippen LogP contribution in [-0.2, 0) is 24.8 Å². The SMILES string of the molecule is Cc1nn(C)c(C)c1CCC(=O)N(Cc1nc2ccccc2c(=O)[nH]1)C(C)C. The van der Waals surface area contributed by atoms with Crippen LogP contribution in [0.5, 0.6) is 0 Å². The molecule has 0 aliphatic heterocycles. The maximum absolute atomic E-state index is 12.9. The van der Waals surface area contributed by atoms with E-state index in [1.165, 1.54) is 0 Å². The second-order valence-electron chi connectivity index (χ2n) is 7.42. The van der Waals surface area contributed by atoms with E-state index in [0.717, 1.165) is 17.0 Å². The van der Waals surface area contributed by atoms with Crippen molar-refractivity contribution in [2.24, 2.45) is 7.05 Å². The van der Waals surface area contributed by atoms with Crippen molar-refractivity contribution in [2.75, 3.05) is 0 Å². The maximum Gasteiger partial charge on any atom is 0.258 e. The Morgan fingerprint density at radius 1 is 1.25 bits per heavy atom. The summed E-state index contributed by atoms with van der Waals surface area (Å²) in [4.78, 5) is 34.3. The Morgan fingerprint density at radius 2 is 1.96 bits per heavy atom. The van der Waals surface area contributed by atoms with E-state index < -0.39 is 0 Å². The van der Waals surface area contributed by atoms with Crippen LogP contribution in [0.15, 0.2) is 29.1 Å². The van der Waals surface area contributed by atoms with E-state index in [1.54, 1.807) is 11.0 Å². The van der Waals surface area contributed by atoms with Crippen LogP contribution in [0.1, 0.15) is 43.0 Å². The second-order valence-corrected chi connectivity index (χ2v) is 7.42. The van der Waals surface area contributed by atoms with Crippen molar-refractivity contribution >= 4 is 16.8 Å². The highest BCUT2D eigenvalue weighted by Crippen LogP contribution is 2.16. The van der Waals surface area contributed by atoms with Crippen molar-refractivity contribution in [3.05, 3.63) is 57.4 Å². The van der Waals surface area contributed by atoms with Crippen LogP contribution in [0.25, 0.3) is 10.9 Å². The molecule has 1 aromatic carbocycles. The Kier molecular flexibility index (Phi) is 5.63. The molecule has 1 amide bonds. The number of aromatic nitrogens is 4. The Balaban J connectivity index is 1.78. The van der Waals surface area contributed by atoms with Crippen LogP contribution >= 0.6 is 0 Å². The molecule has 7 heteroatoms. The molecular formula is C21H27N5O2. The zero-order chi connectivity index (χ0) is 20.4. The summed E-state index contributed by atoms with van der Waals surface area (Å²) in [6, 6.07) is 7.21. The van der Waals surface area contributed by atoms with Gasteiger partial charge in [0, 0.05) is 25.2 Å². The molecule has 0 bridgehead atoms. The normalized spacial score (nSPS) is 11.4. The van der Waals surface area contributed by atoms with Crippen molar-refractivity contribution in [3.63, 3.8) is 0 Å². The molecule has 1 N–H and O–H groups in total. The van der Waals surface area contributed by atoms with E-state index in [2.05, 4.69) is 15.1 Å². The zero-order valence-electron chi connectivity index (χ0n) is 17.1. The summed E-state index contributed by atoms with van der Waals surface area (Å²) < 4.78 is 1.85. The van der Waals surface area contributed by atoms with Gasteiger partial charge in [-0.1, -0.05) is 12.1 Å². The number of amides is 1. The van der Waals surface area contributed by atoms with Gasteiger partial charge in [-0.25, -0.2) is 4.98 Å². The van der Waals surface area contributed by atoms with Gasteiger partial charge in [-0.3, -0.25) is 14.3 Å². The molecule has 0 fully saturated rings. The minimum atomic E-state index is -0.182. The van der Waals surface area contributed by atoms with Crippen LogP contribution in [0.3, 0.4) is 0 Å². The highest BCUT2D eigenvalue weighted by atomic mass is 16.2. The Morgan fingerprint density at radius 3 is 2.61 bits per heavy atom. The molecule has 0 atom stereocenters. The third-order valence-electron chi connectivity index (χ3n) is 5.17. The van der Waals surface area contributed by atoms with Crippen LogP contribution < -0.4 is 5.56 Å². The summed E-state index contributed by atoms with van der Waals surface area (Å²) in [7, 11) is 1.91. The van der Waals surface area contributed by atoms with Crippen LogP contribution in [0, 0.1) is 13.8 Å². The summed E-state index contributed by atoms with van der Waals surface area (Å²) in [6.45, 7) is 8.21. The monoisotopic (exact) mass is 381 g/mol. The van der Waals surface area contributed by atoms with Crippen LogP contribution in [-0.4, -0.2) is 36.6 Å². The second kappa shape index (κ2) is 7.96. The van der Waals surface area contributed by atoms with E-state index in [4.69, 9.17) is 0 Å². The number of aromatic amines is 1. The first-order valence-corrected chi connectivity index (χ1v) is 9.54. The number of hydrogen-bond acceptors (Lipinski definition) is 4. The molecule has 0 unspecified atom stereocenters. The number of benzene rings is 1. The molecule has 0 saturated carbocycles. The van der Waals surface area contributed by atoms with Crippen molar-refractivity contribution in [2.45, 2.75) is 53.1 Å². The lowest BCUT2D eigenvalue weighted by Crippen LogP contribution is -2.37. The highest BCUT2D eigenvalue weighted by molar-refractivity contribution is 5.78. The predicted octanol–water partition coefficient (Wildman–Crippen LogP) is 2.64. The van der Waals surface area contributed by atoms with Gasteiger partial charge < -0.3 is 9.88 Å². The number of para-hydroxylation sites is 1. The van der Waals surface area contributed by atoms with Crippen LogP contribution in [0.2, 0.25) is 0 Å². The summed E-state index contributed by atoms with van der Waals surface area (Å²) in [6.07, 6.45) is 1.04. The number of rotatable bonds is 6. The molecule has 0 aliphatic carbocycles. The average molecular weight is 381 g/mol. The van der Waals surface area contributed by atoms with E-state index in [-0.39, 0.29) is 24.1 Å². The number of aryl methyl sites for hydroxylation is 2. The average Bonchev–Trinajstić information content (AvgIpc) is 2.89. The van der Waals surface area contributed by atoms with Crippen molar-refractivity contribution in [1.29, 1.82) is 0 Å². The van der Waals surface area contributed by atoms with Crippen molar-refractivity contribution in [1.82, 2.24) is 24.6 Å². The molecule has 7 nitrogen and oxygen atoms in total. The Bertz CT molecular complexity index is 1060. The van der Waals surface area contributed by atoms with Gasteiger partial charge in [-0.15, -0.1) is 0 Å². The topological polar surface area (TPSA) is 83.9 Å². The molecular weight excluding hydrogens is 354 g/mol. The molecule has 0 radical (unpaired) electrons. The first-order chi connectivity index (χ1) is 13.3. The molecule has 28 heavy (non-hydrogen) atoms. The lowest BCUT2D eigenvalue weighted by atomic mass is 10.1. The zero-order valence-corrected chi connectivity index (χ0v) is 17.1. The first kappa shape index (κ1) is 19.8. The summed E-state index contributed by atoms with van der Waals surface area (Å²) in [5.41, 5.74) is 3.63. The van der Waals surface area contributed by atoms with Gasteiger partial charge >= 0.3 is 0 Å². The van der Waals surface area contributed by atoms with Crippen LogP contribution in [0.4, 0.5) is 0 Å². The van der Waals surface area contributed by atoms with E-state index in [9.17, 15) is 9.59 Å². The number of hydrogen-bond donors (Lipinski definition) is 1. The highest BCUT2D eigenvalue weighted by Gasteiger charge is 2.20. The third kappa shape index (κ3) is 3.98. The maximum atomic E-state index is 12.9. The molecule has 2 aromatic heterocycles. The molecule has 148 valence electrons. The van der Waals surface area contributed by atoms with Gasteiger partial charge in [-0.05, 0) is 51.8 Å². The largest absolute Gasteiger partial charge is 0.333 e. The van der Waals surface area contributed by atoms with Gasteiger partial charge in [0.05, 0.1) is 23.1 Å². The van der Waals surface area contributed by atoms with Gasteiger partial charge in [0.2, 0.25) is 5.91 Å². The summed E-state index contributed by atoms with van der Waals surface area (Å²) in [5.74, 6) is 0.535. The molecule has 3 rings (SSSR count). The van der Waals surface area contributed by atoms with Gasteiger partial charge in [0.25, 0.3) is 5.56 Å². The van der Waals surface area contributed by atoms with Gasteiger partial charge in [0.15, 0.2) is 0 Å². The number of fused-ring (bicyclic) bond motifs is 1. The van der Waals surface area contributed by atoms with Crippen molar-refractivity contribution < 1.29 is 4.79 Å². The van der Waals surface area contributed by atoms with Gasteiger partial charge in [-0.2, -0.15) is 5.10 Å². The van der Waals surface area contributed by atoms with E-state index in [1.807, 2.05) is 57.6 Å². The number of H-pyrrole nitrogens is 1. The summed E-state index contributed by atoms with van der Waals surface area (Å²) >= 11 is 0. The minimum absolute atomic E-state index is 0.000338. The Hall–Kier alpha value is -2.96.